The van der Waals surface area contributed by atoms with Gasteiger partial charge in [0.25, 0.3) is 0 Å². The molecule has 0 aromatic heterocycles. The average molecular weight is 361 g/mol. The summed E-state index contributed by atoms with van der Waals surface area (Å²) >= 11 is 6.15. The van der Waals surface area contributed by atoms with Crippen LogP contribution in [-0.4, -0.2) is 20.6 Å². The van der Waals surface area contributed by atoms with Crippen molar-refractivity contribution in [3.8, 4) is 5.75 Å². The standard InChI is InChI=1S/C18H13ClO4S/c1-24(21,22)13-8-6-12(7-9-13)18(20)23-17-11-10-16(19)14-4-2-3-5-15(14)17/h2-11H,1H3. The van der Waals surface area contributed by atoms with E-state index in [9.17, 15) is 13.2 Å². The lowest BCUT2D eigenvalue weighted by Gasteiger charge is -2.09. The topological polar surface area (TPSA) is 60.4 Å². The molecule has 0 unspecified atom stereocenters. The Morgan fingerprint density at radius 2 is 1.54 bits per heavy atom. The lowest BCUT2D eigenvalue weighted by atomic mass is 10.1. The van der Waals surface area contributed by atoms with Gasteiger partial charge in [-0.2, -0.15) is 0 Å². The van der Waals surface area contributed by atoms with Gasteiger partial charge in [0.2, 0.25) is 0 Å². The van der Waals surface area contributed by atoms with Crippen molar-refractivity contribution < 1.29 is 17.9 Å². The maximum atomic E-state index is 12.3. The zero-order valence-corrected chi connectivity index (χ0v) is 14.3. The Hall–Kier alpha value is -2.37. The number of benzene rings is 3. The van der Waals surface area contributed by atoms with E-state index in [0.29, 0.717) is 10.8 Å². The number of hydrogen-bond acceptors (Lipinski definition) is 4. The van der Waals surface area contributed by atoms with E-state index in [1.165, 1.54) is 24.3 Å². The van der Waals surface area contributed by atoms with Gasteiger partial charge in [-0.15, -0.1) is 0 Å². The molecule has 0 aliphatic carbocycles. The number of hydrogen-bond donors (Lipinski definition) is 0. The lowest BCUT2D eigenvalue weighted by molar-refractivity contribution is 0.0737. The molecule has 4 nitrogen and oxygen atoms in total. The van der Waals surface area contributed by atoms with Crippen LogP contribution in [0, 0.1) is 0 Å². The first-order valence-electron chi connectivity index (χ1n) is 7.06. The van der Waals surface area contributed by atoms with Crippen LogP contribution in [0.3, 0.4) is 0 Å². The minimum atomic E-state index is -3.30. The summed E-state index contributed by atoms with van der Waals surface area (Å²) in [5.41, 5.74) is 0.265. The van der Waals surface area contributed by atoms with Gasteiger partial charge in [-0.3, -0.25) is 0 Å². The van der Waals surface area contributed by atoms with E-state index in [-0.39, 0.29) is 10.5 Å². The number of rotatable bonds is 3. The second-order valence-corrected chi connectivity index (χ2v) is 7.70. The summed E-state index contributed by atoms with van der Waals surface area (Å²) in [6, 6.07) is 16.3. The van der Waals surface area contributed by atoms with E-state index >= 15 is 0 Å². The fourth-order valence-electron chi connectivity index (χ4n) is 2.32. The molecule has 0 atom stereocenters. The Morgan fingerprint density at radius 3 is 2.17 bits per heavy atom. The van der Waals surface area contributed by atoms with E-state index in [2.05, 4.69) is 0 Å². The van der Waals surface area contributed by atoms with Gasteiger partial charge in [0.1, 0.15) is 5.75 Å². The first-order valence-corrected chi connectivity index (χ1v) is 9.33. The van der Waals surface area contributed by atoms with Crippen molar-refractivity contribution in [3.63, 3.8) is 0 Å². The zero-order valence-electron chi connectivity index (χ0n) is 12.7. The highest BCUT2D eigenvalue weighted by Gasteiger charge is 2.14. The highest BCUT2D eigenvalue weighted by molar-refractivity contribution is 7.90. The fourth-order valence-corrected chi connectivity index (χ4v) is 3.18. The third kappa shape index (κ3) is 3.27. The number of esters is 1. The van der Waals surface area contributed by atoms with Crippen LogP contribution in [0.1, 0.15) is 10.4 Å². The third-order valence-corrected chi connectivity index (χ3v) is 5.01. The van der Waals surface area contributed by atoms with E-state index in [1.54, 1.807) is 12.1 Å². The number of sulfone groups is 1. The molecule has 0 heterocycles. The van der Waals surface area contributed by atoms with Crippen molar-refractivity contribution in [1.29, 1.82) is 0 Å². The maximum absolute atomic E-state index is 12.3. The van der Waals surface area contributed by atoms with Gasteiger partial charge >= 0.3 is 5.97 Å². The molecule has 0 saturated carbocycles. The number of carbonyl (C=O) groups excluding carboxylic acids is 1. The van der Waals surface area contributed by atoms with Crippen molar-refractivity contribution in [1.82, 2.24) is 0 Å². The molecule has 6 heteroatoms. The lowest BCUT2D eigenvalue weighted by Crippen LogP contribution is -2.09. The molecule has 3 rings (SSSR count). The molecule has 0 saturated heterocycles. The van der Waals surface area contributed by atoms with Crippen LogP contribution in [-0.2, 0) is 9.84 Å². The molecular formula is C18H13ClO4S. The number of ether oxygens (including phenoxy) is 1. The van der Waals surface area contributed by atoms with Crippen LogP contribution in [0.25, 0.3) is 10.8 Å². The van der Waals surface area contributed by atoms with Gasteiger partial charge in [-0.1, -0.05) is 35.9 Å². The molecule has 0 fully saturated rings. The summed E-state index contributed by atoms with van der Waals surface area (Å²) in [4.78, 5) is 12.4. The van der Waals surface area contributed by atoms with E-state index in [0.717, 1.165) is 17.0 Å². The summed E-state index contributed by atoms with van der Waals surface area (Å²) in [6.07, 6.45) is 1.11. The van der Waals surface area contributed by atoms with Gasteiger partial charge in [0.05, 0.1) is 10.5 Å². The highest BCUT2D eigenvalue weighted by Crippen LogP contribution is 2.31. The molecule has 0 aliphatic rings. The van der Waals surface area contributed by atoms with Crippen molar-refractivity contribution in [2.45, 2.75) is 4.90 Å². The summed E-state index contributed by atoms with van der Waals surface area (Å²) in [5, 5.41) is 2.09. The van der Waals surface area contributed by atoms with Crippen molar-refractivity contribution in [3.05, 3.63) is 71.2 Å². The van der Waals surface area contributed by atoms with Crippen LogP contribution in [0.2, 0.25) is 5.02 Å². The first kappa shape index (κ1) is 16.5. The van der Waals surface area contributed by atoms with Gasteiger partial charge in [-0.25, -0.2) is 13.2 Å². The number of carbonyl (C=O) groups is 1. The molecule has 3 aromatic carbocycles. The molecule has 0 amide bonds. The molecular weight excluding hydrogens is 348 g/mol. The minimum Gasteiger partial charge on any atom is -0.422 e. The summed E-state index contributed by atoms with van der Waals surface area (Å²) in [6.45, 7) is 0. The molecule has 122 valence electrons. The van der Waals surface area contributed by atoms with E-state index < -0.39 is 15.8 Å². The van der Waals surface area contributed by atoms with Gasteiger partial charge in [0, 0.05) is 22.1 Å². The van der Waals surface area contributed by atoms with Gasteiger partial charge < -0.3 is 4.74 Å². The second-order valence-electron chi connectivity index (χ2n) is 5.28. The predicted octanol–water partition coefficient (Wildman–Crippen LogP) is 4.12. The van der Waals surface area contributed by atoms with E-state index in [1.807, 2.05) is 24.3 Å². The van der Waals surface area contributed by atoms with E-state index in [4.69, 9.17) is 16.3 Å². The van der Waals surface area contributed by atoms with Crippen LogP contribution in [0.5, 0.6) is 5.75 Å². The Labute approximate surface area is 144 Å². The van der Waals surface area contributed by atoms with Gasteiger partial charge in [0.15, 0.2) is 9.84 Å². The third-order valence-electron chi connectivity index (χ3n) is 3.55. The van der Waals surface area contributed by atoms with Crippen LogP contribution in [0.4, 0.5) is 0 Å². The molecule has 0 bridgehead atoms. The SMILES string of the molecule is CS(=O)(=O)c1ccc(C(=O)Oc2ccc(Cl)c3ccccc23)cc1. The molecule has 3 aromatic rings. The molecule has 24 heavy (non-hydrogen) atoms. The Kier molecular flexibility index (Phi) is 4.30. The second kappa shape index (κ2) is 6.26. The molecule has 0 aliphatic heterocycles. The monoisotopic (exact) mass is 360 g/mol. The Bertz CT molecular complexity index is 1020. The smallest absolute Gasteiger partial charge is 0.343 e. The van der Waals surface area contributed by atoms with Crippen molar-refractivity contribution in [2.24, 2.45) is 0 Å². The van der Waals surface area contributed by atoms with Crippen LogP contribution < -0.4 is 4.74 Å². The predicted molar refractivity (Wildman–Crippen MR) is 93.5 cm³/mol. The van der Waals surface area contributed by atoms with Gasteiger partial charge in [-0.05, 0) is 36.4 Å². The van der Waals surface area contributed by atoms with Crippen LogP contribution in [0.15, 0.2) is 65.6 Å². The summed E-state index contributed by atoms with van der Waals surface area (Å²) < 4.78 is 28.4. The number of halogens is 1. The Morgan fingerprint density at radius 1 is 0.917 bits per heavy atom. The maximum Gasteiger partial charge on any atom is 0.343 e. The fraction of sp³-hybridized carbons (Fsp3) is 0.0556. The molecule has 0 spiro atoms. The average Bonchev–Trinajstić information content (AvgIpc) is 2.57. The number of fused-ring (bicyclic) bond motifs is 1. The zero-order chi connectivity index (χ0) is 17.3. The normalized spacial score (nSPS) is 11.4. The highest BCUT2D eigenvalue weighted by atomic mass is 35.5. The molecule has 0 N–H and O–H groups in total. The van der Waals surface area contributed by atoms with Crippen LogP contribution >= 0.6 is 11.6 Å². The molecule has 0 radical (unpaired) electrons. The largest absolute Gasteiger partial charge is 0.422 e. The summed E-state index contributed by atoms with van der Waals surface area (Å²) in [5.74, 6) is -0.172. The quantitative estimate of drug-likeness (QED) is 0.520. The first-order chi connectivity index (χ1) is 11.4. The Balaban J connectivity index is 1.92. The van der Waals surface area contributed by atoms with Crippen molar-refractivity contribution in [2.75, 3.05) is 6.26 Å². The van der Waals surface area contributed by atoms with Crippen molar-refractivity contribution >= 4 is 38.2 Å². The minimum absolute atomic E-state index is 0.149. The summed E-state index contributed by atoms with van der Waals surface area (Å²) in [7, 11) is -3.30.